The summed E-state index contributed by atoms with van der Waals surface area (Å²) in [6.07, 6.45) is 1.33. The van der Waals surface area contributed by atoms with Gasteiger partial charge in [0.25, 0.3) is 0 Å². The molecule has 0 atom stereocenters. The van der Waals surface area contributed by atoms with Crippen LogP contribution in [0.4, 0.5) is 0 Å². The first-order chi connectivity index (χ1) is 5.74. The predicted molar refractivity (Wildman–Crippen MR) is 63.4 cm³/mol. The zero-order valence-electron chi connectivity index (χ0n) is 10.4. The van der Waals surface area contributed by atoms with Crippen LogP contribution in [0.3, 0.4) is 0 Å². The van der Waals surface area contributed by atoms with Gasteiger partial charge >= 0.3 is 0 Å². The van der Waals surface area contributed by atoms with Crippen LogP contribution in [0.1, 0.15) is 27.2 Å². The van der Waals surface area contributed by atoms with E-state index in [4.69, 9.17) is 0 Å². The van der Waals surface area contributed by atoms with Crippen LogP contribution in [0.25, 0.3) is 0 Å². The van der Waals surface area contributed by atoms with Crippen molar-refractivity contribution < 1.29 is 0 Å². The summed E-state index contributed by atoms with van der Waals surface area (Å²) in [6.45, 7) is 6.97. The molecule has 3 heteroatoms. The lowest BCUT2D eigenvalue weighted by atomic mass is 9.94. The van der Waals surface area contributed by atoms with E-state index in [0.717, 1.165) is 0 Å². The van der Waals surface area contributed by atoms with Gasteiger partial charge in [-0.1, -0.05) is 20.8 Å². The summed E-state index contributed by atoms with van der Waals surface area (Å²) in [7, 11) is 8.02. The van der Waals surface area contributed by atoms with E-state index >= 15 is 0 Å². The molecule has 0 aromatic heterocycles. The first kappa shape index (κ1) is 13.1. The van der Waals surface area contributed by atoms with Gasteiger partial charge in [0.05, 0.1) is 0 Å². The second-order valence-corrected chi connectivity index (χ2v) is 9.11. The molecule has 0 N–H and O–H groups in total. The van der Waals surface area contributed by atoms with E-state index in [1.54, 1.807) is 0 Å². The quantitative estimate of drug-likeness (QED) is 0.641. The molecule has 0 aromatic carbocycles. The Morgan fingerprint density at radius 1 is 0.923 bits per heavy atom. The van der Waals surface area contributed by atoms with E-state index < -0.39 is 9.12 Å². The maximum absolute atomic E-state index is 2.42. The third-order valence-corrected chi connectivity index (χ3v) is 5.53. The van der Waals surface area contributed by atoms with E-state index in [0.29, 0.717) is 5.41 Å². The molecule has 80 valence electrons. The highest BCUT2D eigenvalue weighted by Crippen LogP contribution is 2.22. The smallest absolute Gasteiger partial charge is 0.189 e. The minimum atomic E-state index is -0.814. The normalized spacial score (nSPS) is 13.4. The summed E-state index contributed by atoms with van der Waals surface area (Å²) in [6, 6.07) is 1.38. The van der Waals surface area contributed by atoms with E-state index in [2.05, 4.69) is 58.1 Å². The Kier molecular flexibility index (Phi) is 5.18. The second-order valence-electron chi connectivity index (χ2n) is 5.51. The molecule has 0 fully saturated rings. The molecule has 0 heterocycles. The highest BCUT2D eigenvalue weighted by Gasteiger charge is 2.20. The van der Waals surface area contributed by atoms with Crippen LogP contribution in [-0.2, 0) is 0 Å². The van der Waals surface area contributed by atoms with Crippen LogP contribution >= 0.6 is 0 Å². The van der Waals surface area contributed by atoms with Crippen LogP contribution < -0.4 is 0 Å². The molecule has 0 spiro atoms. The Balaban J connectivity index is 3.98. The van der Waals surface area contributed by atoms with Crippen molar-refractivity contribution in [3.05, 3.63) is 0 Å². The molecule has 0 aromatic rings. The summed E-state index contributed by atoms with van der Waals surface area (Å²) in [5, 5.41) is 0. The molecule has 0 radical (unpaired) electrons. The minimum Gasteiger partial charge on any atom is -0.320 e. The molecule has 0 saturated carbocycles. The van der Waals surface area contributed by atoms with Gasteiger partial charge in [0.1, 0.15) is 0 Å². The second kappa shape index (κ2) is 5.13. The van der Waals surface area contributed by atoms with Gasteiger partial charge in [-0.25, -0.2) is 0 Å². The lowest BCUT2D eigenvalue weighted by Gasteiger charge is -2.31. The van der Waals surface area contributed by atoms with Crippen molar-refractivity contribution in [2.45, 2.75) is 33.2 Å². The van der Waals surface area contributed by atoms with Gasteiger partial charge in [0.15, 0.2) is 9.12 Å². The van der Waals surface area contributed by atoms with Gasteiger partial charge in [-0.05, 0) is 46.1 Å². The third kappa shape index (κ3) is 6.24. The van der Waals surface area contributed by atoms with Crippen LogP contribution in [-0.4, -0.2) is 46.4 Å². The molecule has 0 saturated heterocycles. The van der Waals surface area contributed by atoms with Crippen LogP contribution in [0.15, 0.2) is 0 Å². The van der Waals surface area contributed by atoms with Crippen molar-refractivity contribution in [3.63, 3.8) is 0 Å². The van der Waals surface area contributed by atoms with Gasteiger partial charge in [-0.3, -0.25) is 0 Å². The molecule has 0 unspecified atom stereocenters. The first-order valence-corrected chi connectivity index (χ1v) is 6.92. The monoisotopic (exact) mass is 202 g/mol. The van der Waals surface area contributed by atoms with Crippen molar-refractivity contribution >= 4 is 9.12 Å². The number of hydrogen-bond donors (Lipinski definition) is 0. The lowest BCUT2D eigenvalue weighted by Crippen LogP contribution is -2.45. The van der Waals surface area contributed by atoms with Crippen molar-refractivity contribution in [1.29, 1.82) is 0 Å². The van der Waals surface area contributed by atoms with Gasteiger partial charge in [0, 0.05) is 0 Å². The molecule has 0 amide bonds. The number of hydrogen-bond acceptors (Lipinski definition) is 2. The maximum atomic E-state index is 2.42. The van der Waals surface area contributed by atoms with Crippen LogP contribution in [0, 0.1) is 5.41 Å². The summed E-state index contributed by atoms with van der Waals surface area (Å²) in [4.78, 5) is 0. The predicted octanol–water partition coefficient (Wildman–Crippen LogP) is 1.77. The molecule has 0 aliphatic carbocycles. The SMILES string of the molecule is CN(C)[SiH](CCC(C)(C)C)N(C)C. The Labute approximate surface area is 85.7 Å². The average Bonchev–Trinajstić information content (AvgIpc) is 1.82. The summed E-state index contributed by atoms with van der Waals surface area (Å²) in [5.74, 6) is 0. The summed E-state index contributed by atoms with van der Waals surface area (Å²) >= 11 is 0. The Hall–Kier alpha value is 0.137. The average molecular weight is 202 g/mol. The third-order valence-electron chi connectivity index (χ3n) is 2.34. The van der Waals surface area contributed by atoms with E-state index in [9.17, 15) is 0 Å². The van der Waals surface area contributed by atoms with Crippen LogP contribution in [0.2, 0.25) is 6.04 Å². The number of rotatable bonds is 4. The molecular weight excluding hydrogens is 176 g/mol. The van der Waals surface area contributed by atoms with E-state index in [-0.39, 0.29) is 0 Å². The highest BCUT2D eigenvalue weighted by atomic mass is 28.3. The van der Waals surface area contributed by atoms with Gasteiger partial charge < -0.3 is 9.13 Å². The van der Waals surface area contributed by atoms with Gasteiger partial charge in [0.2, 0.25) is 0 Å². The van der Waals surface area contributed by atoms with Crippen molar-refractivity contribution in [3.8, 4) is 0 Å². The van der Waals surface area contributed by atoms with Crippen LogP contribution in [0.5, 0.6) is 0 Å². The Bertz CT molecular complexity index is 130. The molecule has 0 bridgehead atoms. The molecule has 0 aliphatic rings. The van der Waals surface area contributed by atoms with E-state index in [1.165, 1.54) is 12.5 Å². The number of nitrogens with zero attached hydrogens (tertiary/aromatic N) is 2. The standard InChI is InChI=1S/C10H26N2Si/c1-10(2,3)8-9-13(11(4)5)12(6)7/h13H,8-9H2,1-7H3. The topological polar surface area (TPSA) is 6.48 Å². The van der Waals surface area contributed by atoms with Crippen molar-refractivity contribution in [2.75, 3.05) is 28.2 Å². The Morgan fingerprint density at radius 2 is 1.31 bits per heavy atom. The molecule has 2 nitrogen and oxygen atoms in total. The minimum absolute atomic E-state index is 0.483. The first-order valence-electron chi connectivity index (χ1n) is 5.07. The fourth-order valence-electron chi connectivity index (χ4n) is 1.54. The van der Waals surface area contributed by atoms with Gasteiger partial charge in [-0.15, -0.1) is 0 Å². The molecule has 13 heavy (non-hydrogen) atoms. The Morgan fingerprint density at radius 3 is 1.54 bits per heavy atom. The molecular formula is C10H26N2Si. The zero-order valence-corrected chi connectivity index (χ0v) is 11.5. The molecule has 0 rings (SSSR count). The lowest BCUT2D eigenvalue weighted by molar-refractivity contribution is 0.384. The molecule has 0 aliphatic heterocycles. The fraction of sp³-hybridized carbons (Fsp3) is 1.00. The fourth-order valence-corrected chi connectivity index (χ4v) is 4.62. The zero-order chi connectivity index (χ0) is 10.6. The summed E-state index contributed by atoms with van der Waals surface area (Å²) < 4.78 is 4.84. The largest absolute Gasteiger partial charge is 0.320 e. The van der Waals surface area contributed by atoms with Gasteiger partial charge in [-0.2, -0.15) is 0 Å². The summed E-state index contributed by atoms with van der Waals surface area (Å²) in [5.41, 5.74) is 0.483. The van der Waals surface area contributed by atoms with E-state index in [1.807, 2.05) is 0 Å². The van der Waals surface area contributed by atoms with Crippen molar-refractivity contribution in [1.82, 2.24) is 9.13 Å². The van der Waals surface area contributed by atoms with Crippen molar-refractivity contribution in [2.24, 2.45) is 5.41 Å². The highest BCUT2D eigenvalue weighted by molar-refractivity contribution is 6.52. The maximum Gasteiger partial charge on any atom is 0.189 e.